The van der Waals surface area contributed by atoms with E-state index in [0.29, 0.717) is 5.92 Å². The molecule has 1 aromatic carbocycles. The molecular weight excluding hydrogens is 398 g/mol. The molecule has 1 saturated carbocycles. The van der Waals surface area contributed by atoms with E-state index in [1.165, 1.54) is 93.7 Å². The van der Waals surface area contributed by atoms with Crippen molar-refractivity contribution in [3.05, 3.63) is 66.4 Å². The number of nitrogens with zero attached hydrogens (tertiary/aromatic N) is 1. The highest BCUT2D eigenvalue weighted by Crippen LogP contribution is 2.41. The van der Waals surface area contributed by atoms with Crippen LogP contribution in [-0.2, 0) is 6.42 Å². The fourth-order valence-corrected chi connectivity index (χ4v) is 5.74. The van der Waals surface area contributed by atoms with Crippen LogP contribution in [0.2, 0.25) is 0 Å². The van der Waals surface area contributed by atoms with Crippen molar-refractivity contribution in [2.45, 2.75) is 110 Å². The number of pyridine rings is 1. The first-order chi connectivity index (χ1) is 16.2. The van der Waals surface area contributed by atoms with Crippen LogP contribution in [0.3, 0.4) is 0 Å². The van der Waals surface area contributed by atoms with Crippen molar-refractivity contribution in [1.82, 2.24) is 4.98 Å². The van der Waals surface area contributed by atoms with Gasteiger partial charge in [-0.05, 0) is 67.1 Å². The van der Waals surface area contributed by atoms with E-state index in [4.69, 9.17) is 4.98 Å². The summed E-state index contributed by atoms with van der Waals surface area (Å²) in [4.78, 5) is 4.77. The van der Waals surface area contributed by atoms with Crippen molar-refractivity contribution in [3.8, 4) is 11.3 Å². The summed E-state index contributed by atoms with van der Waals surface area (Å²) in [5.41, 5.74) is 5.17. The lowest BCUT2D eigenvalue weighted by Gasteiger charge is -2.34. The van der Waals surface area contributed by atoms with E-state index in [2.05, 4.69) is 69.1 Å². The molecule has 1 aromatic heterocycles. The third-order valence-electron chi connectivity index (χ3n) is 7.88. The van der Waals surface area contributed by atoms with Crippen molar-refractivity contribution in [2.24, 2.45) is 11.8 Å². The first-order valence-corrected chi connectivity index (χ1v) is 13.9. The van der Waals surface area contributed by atoms with Crippen LogP contribution < -0.4 is 0 Å². The van der Waals surface area contributed by atoms with E-state index in [1.54, 1.807) is 0 Å². The summed E-state index contributed by atoms with van der Waals surface area (Å²) in [5.74, 6) is 2.40. The molecule has 1 fully saturated rings. The predicted molar refractivity (Wildman–Crippen MR) is 145 cm³/mol. The lowest BCUT2D eigenvalue weighted by atomic mass is 9.71. The molecule has 1 aliphatic rings. The number of hydrogen-bond acceptors (Lipinski definition) is 1. The number of aryl methyl sites for hydroxylation is 1. The summed E-state index contributed by atoms with van der Waals surface area (Å²) in [6, 6.07) is 13.7. The monoisotopic (exact) mass is 445 g/mol. The van der Waals surface area contributed by atoms with Gasteiger partial charge in [-0.3, -0.25) is 4.98 Å². The third kappa shape index (κ3) is 8.13. The number of hydrogen-bond donors (Lipinski definition) is 0. The second-order valence-corrected chi connectivity index (χ2v) is 10.4. The van der Waals surface area contributed by atoms with Gasteiger partial charge in [0.25, 0.3) is 0 Å². The normalized spacial score (nSPS) is 19.3. The summed E-state index contributed by atoms with van der Waals surface area (Å²) in [7, 11) is 0. The number of aromatic nitrogens is 1. The standard InChI is InChI=1S/C32H47N/c1-4-7-9-11-14-27-17-24-32(33-25-27)30-22-20-29(21-23-30)31(12-6-3)28-18-15-26(16-19-28)13-10-8-5-2/h6,17,20-26,28,31H,3-5,7-16,18-19H2,1-2H3/t26-,28-,31?. The van der Waals surface area contributed by atoms with Gasteiger partial charge in [0.2, 0.25) is 0 Å². The Balaban J connectivity index is 1.57. The summed E-state index contributed by atoms with van der Waals surface area (Å²) < 4.78 is 0. The van der Waals surface area contributed by atoms with Crippen molar-refractivity contribution < 1.29 is 0 Å². The Morgan fingerprint density at radius 1 is 0.879 bits per heavy atom. The second kappa shape index (κ2) is 14.4. The Bertz CT molecular complexity index is 780. The van der Waals surface area contributed by atoms with Crippen molar-refractivity contribution in [3.63, 3.8) is 0 Å². The molecule has 0 aliphatic heterocycles. The van der Waals surface area contributed by atoms with Crippen LogP contribution >= 0.6 is 0 Å². The Hall–Kier alpha value is -1.89. The van der Waals surface area contributed by atoms with E-state index in [-0.39, 0.29) is 0 Å². The molecule has 1 heterocycles. The molecule has 1 nitrogen and oxygen atoms in total. The van der Waals surface area contributed by atoms with Gasteiger partial charge in [0.15, 0.2) is 0 Å². The molecule has 0 bridgehead atoms. The van der Waals surface area contributed by atoms with Crippen molar-refractivity contribution in [2.75, 3.05) is 0 Å². The maximum absolute atomic E-state index is 4.77. The van der Waals surface area contributed by atoms with E-state index in [0.717, 1.165) is 30.4 Å². The van der Waals surface area contributed by atoms with E-state index < -0.39 is 0 Å². The zero-order chi connectivity index (χ0) is 23.3. The lowest BCUT2D eigenvalue weighted by molar-refractivity contribution is 0.230. The number of rotatable bonds is 14. The zero-order valence-corrected chi connectivity index (χ0v) is 21.4. The van der Waals surface area contributed by atoms with E-state index >= 15 is 0 Å². The van der Waals surface area contributed by atoms with Crippen LogP contribution in [0.25, 0.3) is 11.3 Å². The molecule has 180 valence electrons. The highest BCUT2D eigenvalue weighted by atomic mass is 14.7. The van der Waals surface area contributed by atoms with Gasteiger partial charge in [-0.1, -0.05) is 108 Å². The Morgan fingerprint density at radius 3 is 2.24 bits per heavy atom. The van der Waals surface area contributed by atoms with Crippen LogP contribution in [0.15, 0.2) is 55.3 Å². The molecule has 0 amide bonds. The minimum atomic E-state index is 0.617. The smallest absolute Gasteiger partial charge is 0.0702 e. The molecule has 0 spiro atoms. The fraction of sp³-hybridized carbons (Fsp3) is 0.594. The van der Waals surface area contributed by atoms with Gasteiger partial charge in [-0.25, -0.2) is 0 Å². The Morgan fingerprint density at radius 2 is 1.61 bits per heavy atom. The molecule has 3 rings (SSSR count). The van der Waals surface area contributed by atoms with Crippen LogP contribution in [0, 0.1) is 11.8 Å². The maximum atomic E-state index is 4.77. The van der Waals surface area contributed by atoms with Crippen molar-refractivity contribution in [1.29, 1.82) is 0 Å². The first kappa shape index (κ1) is 25.7. The van der Waals surface area contributed by atoms with Crippen LogP contribution in [0.4, 0.5) is 0 Å². The van der Waals surface area contributed by atoms with E-state index in [1.807, 2.05) is 0 Å². The van der Waals surface area contributed by atoms with Crippen LogP contribution in [0.1, 0.15) is 114 Å². The Labute approximate surface area is 204 Å². The number of benzene rings is 1. The lowest BCUT2D eigenvalue weighted by Crippen LogP contribution is -2.20. The third-order valence-corrected chi connectivity index (χ3v) is 7.88. The Kier molecular flexibility index (Phi) is 11.2. The minimum Gasteiger partial charge on any atom is -0.256 e. The van der Waals surface area contributed by atoms with Gasteiger partial charge >= 0.3 is 0 Å². The van der Waals surface area contributed by atoms with Gasteiger partial charge in [0.05, 0.1) is 5.69 Å². The highest BCUT2D eigenvalue weighted by molar-refractivity contribution is 5.59. The fourth-order valence-electron chi connectivity index (χ4n) is 5.74. The molecule has 1 aliphatic carbocycles. The van der Waals surface area contributed by atoms with Gasteiger partial charge in [-0.15, -0.1) is 6.58 Å². The molecule has 0 radical (unpaired) electrons. The van der Waals surface area contributed by atoms with Crippen molar-refractivity contribution >= 4 is 0 Å². The quantitative estimate of drug-likeness (QED) is 0.208. The molecule has 2 aromatic rings. The average Bonchev–Trinajstić information content (AvgIpc) is 2.86. The largest absolute Gasteiger partial charge is 0.256 e. The summed E-state index contributed by atoms with van der Waals surface area (Å²) in [6.07, 6.45) is 22.9. The maximum Gasteiger partial charge on any atom is 0.0702 e. The van der Waals surface area contributed by atoms with Gasteiger partial charge in [0.1, 0.15) is 0 Å². The van der Waals surface area contributed by atoms with E-state index in [9.17, 15) is 0 Å². The summed E-state index contributed by atoms with van der Waals surface area (Å²) in [5, 5.41) is 0. The SMILES string of the molecule is C=CCC(c1ccc(-c2ccc(CCCCCC)cn2)cc1)[C@H]1CC[C@H](CCCCC)CC1. The zero-order valence-electron chi connectivity index (χ0n) is 21.4. The van der Waals surface area contributed by atoms with Crippen LogP contribution in [0.5, 0.6) is 0 Å². The van der Waals surface area contributed by atoms with Gasteiger partial charge < -0.3 is 0 Å². The molecule has 1 heteroatoms. The molecule has 1 unspecified atom stereocenters. The predicted octanol–water partition coefficient (Wildman–Crippen LogP) is 9.92. The average molecular weight is 446 g/mol. The second-order valence-electron chi connectivity index (χ2n) is 10.4. The number of unbranched alkanes of at least 4 members (excludes halogenated alkanes) is 5. The molecule has 1 atom stereocenters. The summed E-state index contributed by atoms with van der Waals surface area (Å²) in [6.45, 7) is 8.65. The first-order valence-electron chi connectivity index (χ1n) is 13.9. The molecular formula is C32H47N. The highest BCUT2D eigenvalue weighted by Gasteiger charge is 2.27. The summed E-state index contributed by atoms with van der Waals surface area (Å²) >= 11 is 0. The molecule has 33 heavy (non-hydrogen) atoms. The van der Waals surface area contributed by atoms with Gasteiger partial charge in [0, 0.05) is 11.8 Å². The van der Waals surface area contributed by atoms with Crippen LogP contribution in [-0.4, -0.2) is 4.98 Å². The minimum absolute atomic E-state index is 0.617. The molecule has 0 saturated heterocycles. The van der Waals surface area contributed by atoms with Gasteiger partial charge in [-0.2, -0.15) is 0 Å². The number of allylic oxidation sites excluding steroid dienone is 1. The topological polar surface area (TPSA) is 12.9 Å². The molecule has 0 N–H and O–H groups in total.